The van der Waals surface area contributed by atoms with Gasteiger partial charge >= 0.3 is 0 Å². The van der Waals surface area contributed by atoms with Crippen LogP contribution < -0.4 is 0 Å². The van der Waals surface area contributed by atoms with E-state index < -0.39 is 0 Å². The summed E-state index contributed by atoms with van der Waals surface area (Å²) in [6, 6.07) is 7.73. The molecule has 0 saturated carbocycles. The van der Waals surface area contributed by atoms with Crippen molar-refractivity contribution in [1.82, 2.24) is 29.4 Å². The molecule has 0 atom stereocenters. The SMILES string of the molecule is Cc1nn(C)c2sc(-c3nnc4n3CCN(C(=O)c3ccc(F)cc3)C4)cc12. The number of nitrogens with zero attached hydrogens (tertiary/aromatic N) is 6. The van der Waals surface area contributed by atoms with Crippen molar-refractivity contribution >= 4 is 27.5 Å². The van der Waals surface area contributed by atoms with Gasteiger partial charge in [-0.15, -0.1) is 21.5 Å². The van der Waals surface area contributed by atoms with Gasteiger partial charge in [0.2, 0.25) is 0 Å². The van der Waals surface area contributed by atoms with Crippen LogP contribution in [0.15, 0.2) is 30.3 Å². The summed E-state index contributed by atoms with van der Waals surface area (Å²) in [4.78, 5) is 16.6. The van der Waals surface area contributed by atoms with Crippen LogP contribution in [0.25, 0.3) is 20.9 Å². The molecule has 0 N–H and O–H groups in total. The highest BCUT2D eigenvalue weighted by Crippen LogP contribution is 2.34. The lowest BCUT2D eigenvalue weighted by Gasteiger charge is -2.27. The molecule has 9 heteroatoms. The number of aryl methyl sites for hydroxylation is 2. The van der Waals surface area contributed by atoms with E-state index in [1.165, 1.54) is 24.3 Å². The van der Waals surface area contributed by atoms with Crippen LogP contribution in [-0.2, 0) is 20.1 Å². The summed E-state index contributed by atoms with van der Waals surface area (Å²) in [6.45, 7) is 3.56. The topological polar surface area (TPSA) is 68.8 Å². The Kier molecular flexibility index (Phi) is 3.80. The van der Waals surface area contributed by atoms with Crippen molar-refractivity contribution in [3.05, 3.63) is 53.2 Å². The van der Waals surface area contributed by atoms with Crippen LogP contribution in [0.5, 0.6) is 0 Å². The molecule has 0 fully saturated rings. The summed E-state index contributed by atoms with van der Waals surface area (Å²) in [5, 5.41) is 14.3. The highest BCUT2D eigenvalue weighted by molar-refractivity contribution is 7.21. The van der Waals surface area contributed by atoms with Gasteiger partial charge in [-0.05, 0) is 37.3 Å². The number of aromatic nitrogens is 5. The lowest BCUT2D eigenvalue weighted by molar-refractivity contribution is 0.0708. The van der Waals surface area contributed by atoms with Crippen LogP contribution >= 0.6 is 11.3 Å². The zero-order valence-corrected chi connectivity index (χ0v) is 16.2. The van der Waals surface area contributed by atoms with Gasteiger partial charge in [0, 0.05) is 31.1 Å². The first-order valence-corrected chi connectivity index (χ1v) is 9.73. The molecule has 0 bridgehead atoms. The van der Waals surface area contributed by atoms with Gasteiger partial charge in [0.15, 0.2) is 11.6 Å². The van der Waals surface area contributed by atoms with Gasteiger partial charge in [0.25, 0.3) is 5.91 Å². The zero-order chi connectivity index (χ0) is 19.4. The first-order chi connectivity index (χ1) is 13.5. The van der Waals surface area contributed by atoms with E-state index in [4.69, 9.17) is 0 Å². The third-order valence-electron chi connectivity index (χ3n) is 5.05. The summed E-state index contributed by atoms with van der Waals surface area (Å²) < 4.78 is 17.1. The Morgan fingerprint density at radius 2 is 1.96 bits per heavy atom. The third kappa shape index (κ3) is 2.62. The molecule has 4 aromatic rings. The first kappa shape index (κ1) is 17.1. The van der Waals surface area contributed by atoms with E-state index in [9.17, 15) is 9.18 Å². The quantitative estimate of drug-likeness (QED) is 0.522. The van der Waals surface area contributed by atoms with Crippen molar-refractivity contribution in [2.45, 2.75) is 20.0 Å². The Morgan fingerprint density at radius 3 is 2.71 bits per heavy atom. The fourth-order valence-corrected chi connectivity index (χ4v) is 4.72. The minimum atomic E-state index is -0.353. The predicted octanol–water partition coefficient (Wildman–Crippen LogP) is 3.00. The largest absolute Gasteiger partial charge is 0.329 e. The number of thiophene rings is 1. The average Bonchev–Trinajstić information content (AvgIpc) is 3.37. The van der Waals surface area contributed by atoms with Crippen molar-refractivity contribution in [1.29, 1.82) is 0 Å². The molecular formula is C19H17FN6OS. The predicted molar refractivity (Wildman–Crippen MR) is 103 cm³/mol. The molecule has 28 heavy (non-hydrogen) atoms. The maximum absolute atomic E-state index is 13.1. The van der Waals surface area contributed by atoms with E-state index in [1.54, 1.807) is 16.2 Å². The van der Waals surface area contributed by atoms with E-state index >= 15 is 0 Å². The molecule has 0 radical (unpaired) electrons. The van der Waals surface area contributed by atoms with Crippen molar-refractivity contribution < 1.29 is 9.18 Å². The summed E-state index contributed by atoms with van der Waals surface area (Å²) in [7, 11) is 1.94. The number of carbonyl (C=O) groups excluding carboxylic acids is 1. The van der Waals surface area contributed by atoms with E-state index in [-0.39, 0.29) is 11.7 Å². The molecule has 0 unspecified atom stereocenters. The fourth-order valence-electron chi connectivity index (χ4n) is 3.60. The van der Waals surface area contributed by atoms with Gasteiger partial charge in [0.1, 0.15) is 10.6 Å². The fraction of sp³-hybridized carbons (Fsp3) is 0.263. The van der Waals surface area contributed by atoms with Gasteiger partial charge < -0.3 is 9.47 Å². The number of hydrogen-bond acceptors (Lipinski definition) is 5. The maximum atomic E-state index is 13.1. The standard InChI is InChI=1S/C19H17FN6OS/c1-11-14-9-15(28-19(14)24(2)23-11)17-22-21-16-10-25(7-8-26(16)17)18(27)12-3-5-13(20)6-4-12/h3-6,9H,7-8,10H2,1-2H3. The highest BCUT2D eigenvalue weighted by atomic mass is 32.1. The summed E-state index contributed by atoms with van der Waals surface area (Å²) in [6.07, 6.45) is 0. The van der Waals surface area contributed by atoms with Crippen LogP contribution in [0, 0.1) is 12.7 Å². The third-order valence-corrected chi connectivity index (χ3v) is 6.25. The molecule has 4 heterocycles. The van der Waals surface area contributed by atoms with Crippen molar-refractivity contribution in [3.8, 4) is 10.7 Å². The van der Waals surface area contributed by atoms with Crippen LogP contribution in [0.2, 0.25) is 0 Å². The average molecular weight is 396 g/mol. The maximum Gasteiger partial charge on any atom is 0.254 e. The van der Waals surface area contributed by atoms with Crippen LogP contribution in [0.3, 0.4) is 0 Å². The smallest absolute Gasteiger partial charge is 0.254 e. The second-order valence-corrected chi connectivity index (χ2v) is 7.89. The summed E-state index contributed by atoms with van der Waals surface area (Å²) in [5.41, 5.74) is 1.47. The Morgan fingerprint density at radius 1 is 1.18 bits per heavy atom. The van der Waals surface area contributed by atoms with E-state index in [0.29, 0.717) is 25.2 Å². The molecule has 142 valence electrons. The Labute approximate surface area is 164 Å². The molecule has 1 aliphatic rings. The Balaban J connectivity index is 1.44. The van der Waals surface area contributed by atoms with Crippen molar-refractivity contribution in [3.63, 3.8) is 0 Å². The molecule has 0 aliphatic carbocycles. The van der Waals surface area contributed by atoms with E-state index in [2.05, 4.69) is 25.9 Å². The van der Waals surface area contributed by atoms with Crippen LogP contribution in [0.4, 0.5) is 4.39 Å². The summed E-state index contributed by atoms with van der Waals surface area (Å²) in [5.74, 6) is 1.10. The molecule has 7 nitrogen and oxygen atoms in total. The Hall–Kier alpha value is -3.07. The molecule has 3 aromatic heterocycles. The Bertz CT molecular complexity index is 1170. The highest BCUT2D eigenvalue weighted by Gasteiger charge is 2.26. The van der Waals surface area contributed by atoms with Gasteiger partial charge in [-0.1, -0.05) is 0 Å². The number of benzene rings is 1. The number of halogens is 1. The number of amides is 1. The van der Waals surface area contributed by atoms with Gasteiger partial charge in [-0.25, -0.2) is 4.39 Å². The first-order valence-electron chi connectivity index (χ1n) is 8.91. The molecule has 0 saturated heterocycles. The van der Waals surface area contributed by atoms with Gasteiger partial charge in [-0.3, -0.25) is 9.48 Å². The lowest BCUT2D eigenvalue weighted by atomic mass is 10.2. The number of fused-ring (bicyclic) bond motifs is 2. The lowest BCUT2D eigenvalue weighted by Crippen LogP contribution is -2.38. The molecule has 1 amide bonds. The molecular weight excluding hydrogens is 379 g/mol. The van der Waals surface area contributed by atoms with Crippen molar-refractivity contribution in [2.75, 3.05) is 6.54 Å². The zero-order valence-electron chi connectivity index (χ0n) is 15.4. The van der Waals surface area contributed by atoms with Crippen LogP contribution in [0.1, 0.15) is 21.9 Å². The number of rotatable bonds is 2. The second kappa shape index (κ2) is 6.23. The molecule has 1 aromatic carbocycles. The minimum Gasteiger partial charge on any atom is -0.329 e. The van der Waals surface area contributed by atoms with Gasteiger partial charge in [-0.2, -0.15) is 5.10 Å². The van der Waals surface area contributed by atoms with Crippen molar-refractivity contribution in [2.24, 2.45) is 7.05 Å². The molecule has 5 rings (SSSR count). The normalized spacial score (nSPS) is 13.9. The minimum absolute atomic E-state index is 0.126. The second-order valence-electron chi connectivity index (χ2n) is 6.86. The van der Waals surface area contributed by atoms with Crippen LogP contribution in [-0.4, -0.2) is 41.9 Å². The van der Waals surface area contributed by atoms with Gasteiger partial charge in [0.05, 0.1) is 17.1 Å². The molecule has 0 spiro atoms. The molecule has 1 aliphatic heterocycles. The van der Waals surface area contributed by atoms with E-state index in [1.807, 2.05) is 18.7 Å². The number of carbonyl (C=O) groups is 1. The summed E-state index contributed by atoms with van der Waals surface area (Å²) >= 11 is 1.64. The monoisotopic (exact) mass is 396 g/mol. The van der Waals surface area contributed by atoms with E-state index in [0.717, 1.165) is 32.4 Å². The number of hydrogen-bond donors (Lipinski definition) is 0.